The lowest BCUT2D eigenvalue weighted by molar-refractivity contribution is -0.147. The third kappa shape index (κ3) is 4.26. The van der Waals surface area contributed by atoms with Crippen LogP contribution in [0.2, 0.25) is 0 Å². The SMILES string of the molecule is CC(=O)N(C(C)=O)C1CCC(C2CCC(N3C(=O)C4CC(C)C(C)CC4C3=O)CC2)CC1. The summed E-state index contributed by atoms with van der Waals surface area (Å²) in [4.78, 5) is 53.1. The second-order valence-corrected chi connectivity index (χ2v) is 11.2. The molecule has 1 heterocycles. The van der Waals surface area contributed by atoms with E-state index in [9.17, 15) is 19.2 Å². The van der Waals surface area contributed by atoms with Crippen molar-refractivity contribution in [2.24, 2.45) is 35.5 Å². The Kier molecular flexibility index (Phi) is 6.78. The van der Waals surface area contributed by atoms with E-state index in [4.69, 9.17) is 0 Å². The van der Waals surface area contributed by atoms with Crippen molar-refractivity contribution in [3.63, 3.8) is 0 Å². The number of rotatable bonds is 3. The highest BCUT2D eigenvalue weighted by atomic mass is 16.2. The molecule has 4 amide bonds. The van der Waals surface area contributed by atoms with E-state index >= 15 is 0 Å². The van der Waals surface area contributed by atoms with Crippen molar-refractivity contribution in [2.75, 3.05) is 0 Å². The first-order valence-electron chi connectivity index (χ1n) is 12.9. The zero-order valence-electron chi connectivity index (χ0n) is 20.2. The molecule has 178 valence electrons. The molecule has 32 heavy (non-hydrogen) atoms. The topological polar surface area (TPSA) is 74.8 Å². The van der Waals surface area contributed by atoms with E-state index in [0.29, 0.717) is 23.7 Å². The fourth-order valence-corrected chi connectivity index (χ4v) is 7.36. The first-order valence-corrected chi connectivity index (χ1v) is 12.9. The van der Waals surface area contributed by atoms with Gasteiger partial charge >= 0.3 is 0 Å². The van der Waals surface area contributed by atoms with Crippen molar-refractivity contribution in [2.45, 2.75) is 104 Å². The normalized spacial score (nSPS) is 40.2. The summed E-state index contributed by atoms with van der Waals surface area (Å²) < 4.78 is 0. The minimum atomic E-state index is -0.147. The van der Waals surface area contributed by atoms with Gasteiger partial charge in [0.25, 0.3) is 0 Å². The van der Waals surface area contributed by atoms with Gasteiger partial charge in [0.15, 0.2) is 0 Å². The van der Waals surface area contributed by atoms with E-state index < -0.39 is 0 Å². The molecular formula is C26H40N2O4. The molecule has 1 aliphatic heterocycles. The Morgan fingerprint density at radius 2 is 1.12 bits per heavy atom. The monoisotopic (exact) mass is 444 g/mol. The Hall–Kier alpha value is -1.72. The van der Waals surface area contributed by atoms with Crippen LogP contribution in [0.1, 0.15) is 91.9 Å². The molecule has 4 rings (SSSR count). The van der Waals surface area contributed by atoms with Crippen molar-refractivity contribution in [3.05, 3.63) is 0 Å². The first kappa shape index (κ1) is 23.4. The summed E-state index contributed by atoms with van der Waals surface area (Å²) in [5, 5.41) is 0. The van der Waals surface area contributed by atoms with Gasteiger partial charge in [-0.3, -0.25) is 29.0 Å². The van der Waals surface area contributed by atoms with Crippen LogP contribution in [0, 0.1) is 35.5 Å². The lowest BCUT2D eigenvalue weighted by Crippen LogP contribution is -2.45. The number of likely N-dealkylation sites (tertiary alicyclic amines) is 1. The number of amides is 4. The number of imide groups is 2. The minimum absolute atomic E-state index is 0.0468. The minimum Gasteiger partial charge on any atom is -0.280 e. The summed E-state index contributed by atoms with van der Waals surface area (Å²) in [5.74, 6) is 2.05. The van der Waals surface area contributed by atoms with E-state index in [1.54, 1.807) is 4.90 Å². The molecule has 4 aliphatic rings. The van der Waals surface area contributed by atoms with Gasteiger partial charge in [-0.1, -0.05) is 13.8 Å². The van der Waals surface area contributed by atoms with E-state index in [-0.39, 0.29) is 47.5 Å². The summed E-state index contributed by atoms with van der Waals surface area (Å²) in [6.45, 7) is 7.39. The molecule has 0 bridgehead atoms. The second-order valence-electron chi connectivity index (χ2n) is 11.2. The highest BCUT2D eigenvalue weighted by Crippen LogP contribution is 2.46. The van der Waals surface area contributed by atoms with Crippen molar-refractivity contribution in [1.82, 2.24) is 9.80 Å². The molecule has 0 aromatic heterocycles. The zero-order valence-corrected chi connectivity index (χ0v) is 20.2. The molecule has 1 saturated heterocycles. The molecule has 0 radical (unpaired) electrons. The third-order valence-corrected chi connectivity index (χ3v) is 9.38. The van der Waals surface area contributed by atoms with E-state index in [1.165, 1.54) is 18.7 Å². The fourth-order valence-electron chi connectivity index (χ4n) is 7.36. The summed E-state index contributed by atoms with van der Waals surface area (Å²) >= 11 is 0. The number of nitrogens with zero attached hydrogens (tertiary/aromatic N) is 2. The summed E-state index contributed by atoms with van der Waals surface area (Å²) in [6, 6.07) is 0.135. The first-order chi connectivity index (χ1) is 15.2. The Morgan fingerprint density at radius 3 is 1.53 bits per heavy atom. The van der Waals surface area contributed by atoms with Crippen LogP contribution in [0.3, 0.4) is 0 Å². The van der Waals surface area contributed by atoms with Crippen molar-refractivity contribution < 1.29 is 19.2 Å². The summed E-state index contributed by atoms with van der Waals surface area (Å²) in [6.07, 6.45) is 9.63. The predicted octanol–water partition coefficient (Wildman–Crippen LogP) is 4.17. The van der Waals surface area contributed by atoms with Crippen LogP contribution in [-0.2, 0) is 19.2 Å². The molecule has 6 heteroatoms. The lowest BCUT2D eigenvalue weighted by atomic mass is 9.70. The van der Waals surface area contributed by atoms with E-state index in [2.05, 4.69) is 13.8 Å². The average Bonchev–Trinajstić information content (AvgIpc) is 2.98. The average molecular weight is 445 g/mol. The number of fused-ring (bicyclic) bond motifs is 1. The standard InChI is InChI=1S/C26H40N2O4/c1-15-13-23-24(14-16(15)2)26(32)28(25(23)31)22-11-7-20(8-12-22)19-5-9-21(10-6-19)27(17(3)29)18(4)30/h15-16,19-24H,5-14H2,1-4H3. The predicted molar refractivity (Wildman–Crippen MR) is 121 cm³/mol. The highest BCUT2D eigenvalue weighted by Gasteiger charge is 2.53. The molecule has 4 fully saturated rings. The van der Waals surface area contributed by atoms with Crippen LogP contribution >= 0.6 is 0 Å². The maximum Gasteiger partial charge on any atom is 0.233 e. The molecule has 3 aliphatic carbocycles. The van der Waals surface area contributed by atoms with Gasteiger partial charge < -0.3 is 0 Å². The smallest absolute Gasteiger partial charge is 0.233 e. The van der Waals surface area contributed by atoms with Crippen molar-refractivity contribution in [3.8, 4) is 0 Å². The van der Waals surface area contributed by atoms with Crippen LogP contribution in [-0.4, -0.2) is 45.5 Å². The largest absolute Gasteiger partial charge is 0.280 e. The molecule has 4 unspecified atom stereocenters. The van der Waals surface area contributed by atoms with Crippen LogP contribution in [0.5, 0.6) is 0 Å². The number of carbonyl (C=O) groups is 4. The molecule has 0 spiro atoms. The molecule has 3 saturated carbocycles. The maximum absolute atomic E-state index is 13.1. The third-order valence-electron chi connectivity index (χ3n) is 9.38. The summed E-state index contributed by atoms with van der Waals surface area (Å²) in [5.41, 5.74) is 0. The van der Waals surface area contributed by atoms with Gasteiger partial charge in [-0.15, -0.1) is 0 Å². The maximum atomic E-state index is 13.1. The van der Waals surface area contributed by atoms with Gasteiger partial charge in [-0.2, -0.15) is 0 Å². The van der Waals surface area contributed by atoms with Gasteiger partial charge in [0.2, 0.25) is 23.6 Å². The number of carbonyl (C=O) groups excluding carboxylic acids is 4. The second kappa shape index (κ2) is 9.26. The molecule has 4 atom stereocenters. The quantitative estimate of drug-likeness (QED) is 0.613. The number of hydrogen-bond acceptors (Lipinski definition) is 4. The van der Waals surface area contributed by atoms with Crippen LogP contribution in [0.15, 0.2) is 0 Å². The zero-order chi connectivity index (χ0) is 23.2. The van der Waals surface area contributed by atoms with Gasteiger partial charge in [0, 0.05) is 25.9 Å². The van der Waals surface area contributed by atoms with E-state index in [0.717, 1.165) is 64.2 Å². The summed E-state index contributed by atoms with van der Waals surface area (Å²) in [7, 11) is 0. The van der Waals surface area contributed by atoms with E-state index in [1.807, 2.05) is 0 Å². The van der Waals surface area contributed by atoms with Gasteiger partial charge in [-0.25, -0.2) is 0 Å². The van der Waals surface area contributed by atoms with Gasteiger partial charge in [0.05, 0.1) is 11.8 Å². The Bertz CT molecular complexity index is 722. The molecule has 0 aromatic carbocycles. The lowest BCUT2D eigenvalue weighted by Gasteiger charge is -2.41. The molecule has 0 N–H and O–H groups in total. The number of hydrogen-bond donors (Lipinski definition) is 0. The van der Waals surface area contributed by atoms with Crippen LogP contribution < -0.4 is 0 Å². The van der Waals surface area contributed by atoms with Crippen molar-refractivity contribution in [1.29, 1.82) is 0 Å². The Labute approximate surface area is 192 Å². The Morgan fingerprint density at radius 1 is 0.719 bits per heavy atom. The van der Waals surface area contributed by atoms with Crippen molar-refractivity contribution >= 4 is 23.6 Å². The molecule has 0 aromatic rings. The molecule has 6 nitrogen and oxygen atoms in total. The Balaban J connectivity index is 1.31. The van der Waals surface area contributed by atoms with Gasteiger partial charge in [-0.05, 0) is 87.9 Å². The molecular weight excluding hydrogens is 404 g/mol. The highest BCUT2D eigenvalue weighted by molar-refractivity contribution is 6.05. The fraction of sp³-hybridized carbons (Fsp3) is 0.846. The van der Waals surface area contributed by atoms with Crippen LogP contribution in [0.4, 0.5) is 0 Å². The van der Waals surface area contributed by atoms with Crippen LogP contribution in [0.25, 0.3) is 0 Å². The van der Waals surface area contributed by atoms with Gasteiger partial charge in [0.1, 0.15) is 0 Å².